The van der Waals surface area contributed by atoms with Crippen LogP contribution in [-0.2, 0) is 10.0 Å². The van der Waals surface area contributed by atoms with Gasteiger partial charge in [0.1, 0.15) is 0 Å². The van der Waals surface area contributed by atoms with Crippen molar-refractivity contribution < 1.29 is 8.42 Å². The van der Waals surface area contributed by atoms with Crippen molar-refractivity contribution >= 4 is 22.4 Å². The average molecular weight is 379 g/mol. The van der Waals surface area contributed by atoms with Gasteiger partial charge < -0.3 is 5.73 Å². The number of hydrogen-bond acceptors (Lipinski definition) is 3. The summed E-state index contributed by atoms with van der Waals surface area (Å²) in [5, 5.41) is 0. The molecule has 2 aliphatic rings. The van der Waals surface area contributed by atoms with Crippen LogP contribution in [0.2, 0.25) is 0 Å². The first kappa shape index (κ1) is 18.4. The Bertz CT molecular complexity index is 842. The van der Waals surface area contributed by atoms with Crippen LogP contribution < -0.4 is 5.73 Å². The minimum Gasteiger partial charge on any atom is -0.327 e. The van der Waals surface area contributed by atoms with E-state index in [2.05, 4.69) is 0 Å². The number of nitrogens with zero attached hydrogens (tertiary/aromatic N) is 1. The van der Waals surface area contributed by atoms with Crippen LogP contribution in [0.1, 0.15) is 12.8 Å². The molecule has 25 heavy (non-hydrogen) atoms. The maximum Gasteiger partial charge on any atom is 0.243 e. The number of hydrogen-bond donors (Lipinski definition) is 1. The van der Waals surface area contributed by atoms with Crippen LogP contribution in [-0.4, -0.2) is 31.9 Å². The van der Waals surface area contributed by atoms with E-state index < -0.39 is 10.0 Å². The summed E-state index contributed by atoms with van der Waals surface area (Å²) in [7, 11) is -3.46. The second-order valence-corrected chi connectivity index (χ2v) is 8.82. The van der Waals surface area contributed by atoms with Crippen LogP contribution in [0, 0.1) is 11.8 Å². The van der Waals surface area contributed by atoms with Crippen molar-refractivity contribution in [3.05, 3.63) is 54.6 Å². The van der Waals surface area contributed by atoms with Gasteiger partial charge in [-0.15, -0.1) is 12.4 Å². The molecule has 3 atom stereocenters. The molecule has 2 aromatic carbocycles. The Hall–Kier alpha value is -1.40. The van der Waals surface area contributed by atoms with Gasteiger partial charge in [-0.05, 0) is 47.9 Å². The fraction of sp³-hybridized carbons (Fsp3) is 0.368. The molecular weight excluding hydrogens is 356 g/mol. The first-order valence-corrected chi connectivity index (χ1v) is 9.91. The van der Waals surface area contributed by atoms with E-state index in [1.54, 1.807) is 16.4 Å². The van der Waals surface area contributed by atoms with Gasteiger partial charge in [-0.3, -0.25) is 0 Å². The molecule has 3 unspecified atom stereocenters. The van der Waals surface area contributed by atoms with Crippen molar-refractivity contribution in [1.82, 2.24) is 4.31 Å². The van der Waals surface area contributed by atoms with Crippen LogP contribution in [0.4, 0.5) is 0 Å². The van der Waals surface area contributed by atoms with Crippen molar-refractivity contribution in [1.29, 1.82) is 0 Å². The second-order valence-electron chi connectivity index (χ2n) is 6.88. The summed E-state index contributed by atoms with van der Waals surface area (Å²) >= 11 is 0. The standard InChI is InChI=1S/C19H22N2O2S.ClH/c20-19-10-9-16-12-21(13-18(16)19)24(22,23)17-8-4-7-15(11-17)14-5-2-1-3-6-14;/h1-8,11,16,18-19H,9-10,12-13,20H2;1H. The number of nitrogens with two attached hydrogens (primary N) is 1. The minimum absolute atomic E-state index is 0. The molecule has 0 amide bonds. The predicted molar refractivity (Wildman–Crippen MR) is 102 cm³/mol. The molecule has 4 rings (SSSR count). The maximum atomic E-state index is 13.0. The molecule has 1 heterocycles. The highest BCUT2D eigenvalue weighted by atomic mass is 35.5. The van der Waals surface area contributed by atoms with Crippen LogP contribution in [0.5, 0.6) is 0 Å². The Morgan fingerprint density at radius 2 is 1.64 bits per heavy atom. The molecule has 0 radical (unpaired) electrons. The highest BCUT2D eigenvalue weighted by Gasteiger charge is 2.45. The summed E-state index contributed by atoms with van der Waals surface area (Å²) in [6, 6.07) is 17.2. The highest BCUT2D eigenvalue weighted by molar-refractivity contribution is 7.89. The predicted octanol–water partition coefficient (Wildman–Crippen LogP) is 3.13. The number of halogens is 1. The fourth-order valence-electron chi connectivity index (χ4n) is 4.08. The molecule has 2 N–H and O–H groups in total. The largest absolute Gasteiger partial charge is 0.327 e. The SMILES string of the molecule is Cl.NC1CCC2CN(S(=O)(=O)c3cccc(-c4ccccc4)c3)CC12. The first-order chi connectivity index (χ1) is 11.6. The van der Waals surface area contributed by atoms with E-state index in [0.29, 0.717) is 29.8 Å². The van der Waals surface area contributed by atoms with E-state index in [1.807, 2.05) is 42.5 Å². The van der Waals surface area contributed by atoms with Gasteiger partial charge in [0.2, 0.25) is 10.0 Å². The molecule has 0 aromatic heterocycles. The van der Waals surface area contributed by atoms with Gasteiger partial charge in [-0.1, -0.05) is 42.5 Å². The van der Waals surface area contributed by atoms with Gasteiger partial charge in [0, 0.05) is 19.1 Å². The first-order valence-electron chi connectivity index (χ1n) is 8.47. The molecule has 1 saturated carbocycles. The Labute approximate surface area is 155 Å². The summed E-state index contributed by atoms with van der Waals surface area (Å²) < 4.78 is 27.7. The van der Waals surface area contributed by atoms with E-state index in [-0.39, 0.29) is 18.4 Å². The quantitative estimate of drug-likeness (QED) is 0.892. The zero-order chi connectivity index (χ0) is 16.7. The molecule has 2 fully saturated rings. The summed E-state index contributed by atoms with van der Waals surface area (Å²) in [6.07, 6.45) is 2.06. The Kier molecular flexibility index (Phi) is 5.21. The number of rotatable bonds is 3. The van der Waals surface area contributed by atoms with Crippen molar-refractivity contribution in [3.63, 3.8) is 0 Å². The van der Waals surface area contributed by atoms with E-state index in [0.717, 1.165) is 24.0 Å². The Balaban J connectivity index is 0.00000182. The van der Waals surface area contributed by atoms with E-state index in [4.69, 9.17) is 5.73 Å². The molecule has 134 valence electrons. The Morgan fingerprint density at radius 1 is 0.920 bits per heavy atom. The summed E-state index contributed by atoms with van der Waals surface area (Å²) in [5.74, 6) is 0.740. The lowest BCUT2D eigenvalue weighted by atomic mass is 9.98. The molecule has 0 bridgehead atoms. The van der Waals surface area contributed by atoms with Crippen molar-refractivity contribution in [3.8, 4) is 11.1 Å². The maximum absolute atomic E-state index is 13.0. The average Bonchev–Trinajstić information content (AvgIpc) is 3.19. The topological polar surface area (TPSA) is 63.4 Å². The van der Waals surface area contributed by atoms with E-state index in [1.165, 1.54) is 0 Å². The van der Waals surface area contributed by atoms with E-state index in [9.17, 15) is 8.42 Å². The summed E-state index contributed by atoms with van der Waals surface area (Å²) in [5.41, 5.74) is 8.09. The third-order valence-corrected chi connectivity index (χ3v) is 7.29. The second kappa shape index (κ2) is 7.08. The molecule has 4 nitrogen and oxygen atoms in total. The van der Waals surface area contributed by atoms with Crippen LogP contribution in [0.15, 0.2) is 59.5 Å². The summed E-state index contributed by atoms with van der Waals surface area (Å²) in [6.45, 7) is 1.17. The fourth-order valence-corrected chi connectivity index (χ4v) is 5.66. The lowest BCUT2D eigenvalue weighted by Crippen LogP contribution is -2.33. The Morgan fingerprint density at radius 3 is 2.36 bits per heavy atom. The zero-order valence-corrected chi connectivity index (χ0v) is 15.5. The van der Waals surface area contributed by atoms with Crippen LogP contribution in [0.3, 0.4) is 0 Å². The zero-order valence-electron chi connectivity index (χ0n) is 13.9. The lowest BCUT2D eigenvalue weighted by Gasteiger charge is -2.19. The molecule has 6 heteroatoms. The molecular formula is C19H23ClN2O2S. The third kappa shape index (κ3) is 3.34. The number of fused-ring (bicyclic) bond motifs is 1. The van der Waals surface area contributed by atoms with Gasteiger partial charge in [0.25, 0.3) is 0 Å². The normalized spacial score (nSPS) is 26.2. The van der Waals surface area contributed by atoms with Crippen molar-refractivity contribution in [2.45, 2.75) is 23.8 Å². The van der Waals surface area contributed by atoms with Gasteiger partial charge in [-0.25, -0.2) is 8.42 Å². The van der Waals surface area contributed by atoms with Gasteiger partial charge in [0.05, 0.1) is 4.90 Å². The molecule has 2 aromatic rings. The monoisotopic (exact) mass is 378 g/mol. The number of benzene rings is 2. The third-order valence-electron chi connectivity index (χ3n) is 5.46. The van der Waals surface area contributed by atoms with Gasteiger partial charge in [-0.2, -0.15) is 4.31 Å². The molecule has 1 saturated heterocycles. The number of sulfonamides is 1. The summed E-state index contributed by atoms with van der Waals surface area (Å²) in [4.78, 5) is 0.373. The van der Waals surface area contributed by atoms with Crippen molar-refractivity contribution in [2.75, 3.05) is 13.1 Å². The van der Waals surface area contributed by atoms with Gasteiger partial charge in [0.15, 0.2) is 0 Å². The smallest absolute Gasteiger partial charge is 0.243 e. The molecule has 0 spiro atoms. The molecule has 1 aliphatic carbocycles. The minimum atomic E-state index is -3.46. The van der Waals surface area contributed by atoms with Crippen LogP contribution in [0.25, 0.3) is 11.1 Å². The lowest BCUT2D eigenvalue weighted by molar-refractivity contribution is 0.427. The van der Waals surface area contributed by atoms with Crippen LogP contribution >= 0.6 is 12.4 Å². The van der Waals surface area contributed by atoms with E-state index >= 15 is 0 Å². The molecule has 1 aliphatic heterocycles. The van der Waals surface area contributed by atoms with Crippen molar-refractivity contribution in [2.24, 2.45) is 17.6 Å². The van der Waals surface area contributed by atoms with Gasteiger partial charge >= 0.3 is 0 Å². The highest BCUT2D eigenvalue weighted by Crippen LogP contribution is 2.39.